The Hall–Kier alpha value is -3.49. The van der Waals surface area contributed by atoms with Gasteiger partial charge in [0.15, 0.2) is 0 Å². The van der Waals surface area contributed by atoms with Crippen LogP contribution in [0.1, 0.15) is 6.92 Å². The van der Waals surface area contributed by atoms with Gasteiger partial charge in [-0.05, 0) is 19.1 Å². The molecular weight excluding hydrogens is 337 g/mol. The van der Waals surface area contributed by atoms with Crippen LogP contribution in [0.25, 0.3) is 28.1 Å². The summed E-state index contributed by atoms with van der Waals surface area (Å²) in [6, 6.07) is 4.40. The van der Waals surface area contributed by atoms with Crippen LogP contribution in [-0.4, -0.2) is 36.4 Å². The van der Waals surface area contributed by atoms with E-state index in [4.69, 9.17) is 10.5 Å². The molecule has 0 atom stereocenters. The number of nitrogen functional groups attached to an aromatic ring is 1. The minimum atomic E-state index is -0.370. The van der Waals surface area contributed by atoms with E-state index in [2.05, 4.69) is 20.1 Å². The Kier molecular flexibility index (Phi) is 3.76. The molecule has 4 rings (SSSR count). The van der Waals surface area contributed by atoms with Crippen molar-refractivity contribution in [1.29, 1.82) is 0 Å². The van der Waals surface area contributed by atoms with Gasteiger partial charge in [0.05, 0.1) is 18.8 Å². The molecular formula is C17H16FN7O. The maximum Gasteiger partial charge on any atom is 0.235 e. The molecule has 0 saturated carbocycles. The van der Waals surface area contributed by atoms with Crippen molar-refractivity contribution in [3.8, 4) is 22.8 Å². The van der Waals surface area contributed by atoms with Crippen LogP contribution < -0.4 is 10.5 Å². The molecule has 0 saturated heterocycles. The van der Waals surface area contributed by atoms with E-state index >= 15 is 0 Å². The zero-order valence-corrected chi connectivity index (χ0v) is 14.2. The number of hydrogen-bond donors (Lipinski definition) is 1. The van der Waals surface area contributed by atoms with Crippen LogP contribution in [0.5, 0.6) is 5.75 Å². The molecule has 2 N–H and O–H groups in total. The second-order valence-corrected chi connectivity index (χ2v) is 5.59. The van der Waals surface area contributed by atoms with Crippen LogP contribution in [-0.2, 0) is 6.54 Å². The largest absolute Gasteiger partial charge is 0.496 e. The zero-order valence-electron chi connectivity index (χ0n) is 14.2. The second-order valence-electron chi connectivity index (χ2n) is 5.59. The normalized spacial score (nSPS) is 11.2. The number of imidazole rings is 1. The van der Waals surface area contributed by atoms with Gasteiger partial charge in [-0.1, -0.05) is 0 Å². The maximum absolute atomic E-state index is 13.6. The van der Waals surface area contributed by atoms with Crippen LogP contribution in [0, 0.1) is 5.82 Å². The maximum atomic E-state index is 13.6. The van der Waals surface area contributed by atoms with Crippen LogP contribution in [0.3, 0.4) is 0 Å². The molecule has 4 aromatic rings. The lowest BCUT2D eigenvalue weighted by atomic mass is 10.0. The Balaban J connectivity index is 2.04. The van der Waals surface area contributed by atoms with Gasteiger partial charge in [-0.25, -0.2) is 9.37 Å². The summed E-state index contributed by atoms with van der Waals surface area (Å²) >= 11 is 0. The number of aryl methyl sites for hydroxylation is 1. The summed E-state index contributed by atoms with van der Waals surface area (Å²) in [6.45, 7) is 2.61. The number of fused-ring (bicyclic) bond motifs is 1. The highest BCUT2D eigenvalue weighted by Gasteiger charge is 2.20. The highest BCUT2D eigenvalue weighted by molar-refractivity contribution is 5.94. The SMILES string of the molecule is CCn1c(-n2ncnc2N)nc2cncc(-c3ccc(F)cc3OC)c21. The lowest BCUT2D eigenvalue weighted by Gasteiger charge is -2.12. The summed E-state index contributed by atoms with van der Waals surface area (Å²) < 4.78 is 22.4. The minimum absolute atomic E-state index is 0.240. The number of anilines is 1. The number of aromatic nitrogens is 6. The van der Waals surface area contributed by atoms with E-state index in [0.717, 1.165) is 16.6 Å². The molecule has 0 spiro atoms. The molecule has 0 amide bonds. The number of pyridine rings is 1. The van der Waals surface area contributed by atoms with Gasteiger partial charge in [-0.2, -0.15) is 14.8 Å². The van der Waals surface area contributed by atoms with Crippen molar-refractivity contribution in [1.82, 2.24) is 29.3 Å². The molecule has 0 unspecified atom stereocenters. The average molecular weight is 353 g/mol. The molecule has 0 fully saturated rings. The molecule has 0 aliphatic heterocycles. The van der Waals surface area contributed by atoms with Crippen molar-refractivity contribution in [3.63, 3.8) is 0 Å². The number of benzene rings is 1. The predicted molar refractivity (Wildman–Crippen MR) is 94.5 cm³/mol. The molecule has 0 aliphatic carbocycles. The molecule has 1 aromatic carbocycles. The smallest absolute Gasteiger partial charge is 0.235 e. The summed E-state index contributed by atoms with van der Waals surface area (Å²) in [5.74, 6) is 0.826. The van der Waals surface area contributed by atoms with E-state index in [1.807, 2.05) is 11.5 Å². The van der Waals surface area contributed by atoms with Crippen molar-refractivity contribution in [2.75, 3.05) is 12.8 Å². The molecule has 9 heteroatoms. The predicted octanol–water partition coefficient (Wildman–Crippen LogP) is 2.43. The Labute approximate surface area is 148 Å². The number of nitrogens with two attached hydrogens (primary N) is 1. The van der Waals surface area contributed by atoms with Gasteiger partial charge in [-0.3, -0.25) is 4.98 Å². The fraction of sp³-hybridized carbons (Fsp3) is 0.176. The Morgan fingerprint density at radius 2 is 2.08 bits per heavy atom. The van der Waals surface area contributed by atoms with E-state index in [0.29, 0.717) is 23.8 Å². The lowest BCUT2D eigenvalue weighted by molar-refractivity contribution is 0.413. The van der Waals surface area contributed by atoms with Gasteiger partial charge >= 0.3 is 0 Å². The van der Waals surface area contributed by atoms with Crippen molar-refractivity contribution >= 4 is 17.0 Å². The van der Waals surface area contributed by atoms with E-state index in [1.165, 1.54) is 30.3 Å². The molecule has 26 heavy (non-hydrogen) atoms. The van der Waals surface area contributed by atoms with Gasteiger partial charge in [0.2, 0.25) is 11.9 Å². The number of ether oxygens (including phenoxy) is 1. The molecule has 3 heterocycles. The topological polar surface area (TPSA) is 96.7 Å². The van der Waals surface area contributed by atoms with Gasteiger partial charge in [0, 0.05) is 29.9 Å². The monoisotopic (exact) mass is 353 g/mol. The quantitative estimate of drug-likeness (QED) is 0.605. The van der Waals surface area contributed by atoms with Crippen molar-refractivity contribution in [3.05, 3.63) is 42.7 Å². The first-order valence-corrected chi connectivity index (χ1v) is 7.98. The second kappa shape index (κ2) is 6.10. The van der Waals surface area contributed by atoms with E-state index in [9.17, 15) is 4.39 Å². The zero-order chi connectivity index (χ0) is 18.3. The summed E-state index contributed by atoms with van der Waals surface area (Å²) in [4.78, 5) is 12.8. The Morgan fingerprint density at radius 3 is 2.77 bits per heavy atom. The van der Waals surface area contributed by atoms with E-state index < -0.39 is 0 Å². The summed E-state index contributed by atoms with van der Waals surface area (Å²) in [5, 5.41) is 4.14. The number of rotatable bonds is 4. The fourth-order valence-electron chi connectivity index (χ4n) is 3.03. The molecule has 0 radical (unpaired) electrons. The average Bonchev–Trinajstić information content (AvgIpc) is 3.23. The van der Waals surface area contributed by atoms with Gasteiger partial charge in [0.1, 0.15) is 23.4 Å². The van der Waals surface area contributed by atoms with Crippen LogP contribution in [0.4, 0.5) is 10.3 Å². The standard InChI is InChI=1S/C17H16FN7O/c1-3-24-15-12(11-5-4-10(18)6-14(11)26-2)7-20-8-13(15)23-17(24)25-16(19)21-9-22-25/h4-9H,3H2,1-2H3,(H2,19,21,22). The lowest BCUT2D eigenvalue weighted by Crippen LogP contribution is -2.10. The van der Waals surface area contributed by atoms with Crippen molar-refractivity contribution in [2.24, 2.45) is 0 Å². The first-order chi connectivity index (χ1) is 12.6. The third-order valence-corrected chi connectivity index (χ3v) is 4.16. The van der Waals surface area contributed by atoms with E-state index in [1.54, 1.807) is 18.5 Å². The number of hydrogen-bond acceptors (Lipinski definition) is 6. The van der Waals surface area contributed by atoms with E-state index in [-0.39, 0.29) is 11.8 Å². The molecule has 8 nitrogen and oxygen atoms in total. The summed E-state index contributed by atoms with van der Waals surface area (Å²) in [6.07, 6.45) is 4.74. The third-order valence-electron chi connectivity index (χ3n) is 4.16. The highest BCUT2D eigenvalue weighted by atomic mass is 19.1. The van der Waals surface area contributed by atoms with Gasteiger partial charge < -0.3 is 15.0 Å². The summed E-state index contributed by atoms with van der Waals surface area (Å²) in [5.41, 5.74) is 8.88. The van der Waals surface area contributed by atoms with Crippen LogP contribution in [0.15, 0.2) is 36.9 Å². The number of halogens is 1. The number of methoxy groups -OCH3 is 1. The fourth-order valence-corrected chi connectivity index (χ4v) is 3.03. The Bertz CT molecular complexity index is 1100. The highest BCUT2D eigenvalue weighted by Crippen LogP contribution is 2.35. The molecule has 0 aliphatic rings. The number of nitrogens with zero attached hydrogens (tertiary/aromatic N) is 6. The third kappa shape index (κ3) is 2.36. The van der Waals surface area contributed by atoms with Crippen LogP contribution in [0.2, 0.25) is 0 Å². The summed E-state index contributed by atoms with van der Waals surface area (Å²) in [7, 11) is 1.50. The first-order valence-electron chi connectivity index (χ1n) is 7.98. The molecule has 3 aromatic heterocycles. The van der Waals surface area contributed by atoms with Gasteiger partial charge in [0.25, 0.3) is 0 Å². The minimum Gasteiger partial charge on any atom is -0.496 e. The Morgan fingerprint density at radius 1 is 1.23 bits per heavy atom. The van der Waals surface area contributed by atoms with Gasteiger partial charge in [-0.15, -0.1) is 0 Å². The molecule has 0 bridgehead atoms. The molecule has 132 valence electrons. The first kappa shape index (κ1) is 16.0. The van der Waals surface area contributed by atoms with Crippen molar-refractivity contribution in [2.45, 2.75) is 13.5 Å². The van der Waals surface area contributed by atoms with Crippen LogP contribution >= 0.6 is 0 Å². The van der Waals surface area contributed by atoms with Crippen molar-refractivity contribution < 1.29 is 9.13 Å².